The summed E-state index contributed by atoms with van der Waals surface area (Å²) >= 11 is 0. The molecule has 0 heterocycles. The van der Waals surface area contributed by atoms with Gasteiger partial charge in [0.1, 0.15) is 0 Å². The maximum absolute atomic E-state index is 6.77. The average molecular weight is 113 g/mol. The van der Waals surface area contributed by atoms with Crippen LogP contribution in [0.25, 0.3) is 0 Å². The lowest BCUT2D eigenvalue weighted by atomic mass is 10.5. The molecule has 0 unspecified atom stereocenters. The summed E-state index contributed by atoms with van der Waals surface area (Å²) in [4.78, 5) is 0. The van der Waals surface area contributed by atoms with Gasteiger partial charge in [-0.3, -0.25) is 0 Å². The van der Waals surface area contributed by atoms with Crippen molar-refractivity contribution in [2.24, 2.45) is 0 Å². The van der Waals surface area contributed by atoms with Gasteiger partial charge in [0, 0.05) is 26.5 Å². The summed E-state index contributed by atoms with van der Waals surface area (Å²) in [6, 6.07) is 0. The Morgan fingerprint density at radius 2 is 2.12 bits per heavy atom. The highest BCUT2D eigenvalue weighted by molar-refractivity contribution is 5.74. The number of hydrogen-bond acceptors (Lipinski definition) is 3. The molecule has 0 aliphatic rings. The molecular formula is C5H11N3. The third-order valence-electron chi connectivity index (χ3n) is 0.744. The molecular weight excluding hydrogens is 102 g/mol. The van der Waals surface area contributed by atoms with Gasteiger partial charge in [-0.15, -0.1) is 0 Å². The molecule has 0 spiro atoms. The first-order valence-electron chi connectivity index (χ1n) is 2.40. The highest BCUT2D eigenvalue weighted by atomic mass is 14.9. The van der Waals surface area contributed by atoms with E-state index in [2.05, 4.69) is 10.6 Å². The van der Waals surface area contributed by atoms with Gasteiger partial charge in [0.05, 0.1) is 5.70 Å². The monoisotopic (exact) mass is 113 g/mol. The minimum atomic E-state index is 0.771. The predicted octanol–water partition coefficient (Wildman–Crippen LogP) is -0.0838. The molecule has 3 heteroatoms. The van der Waals surface area contributed by atoms with E-state index in [4.69, 9.17) is 5.41 Å². The van der Waals surface area contributed by atoms with Crippen molar-refractivity contribution in [2.45, 2.75) is 0 Å². The van der Waals surface area contributed by atoms with Gasteiger partial charge in [-0.05, 0) is 0 Å². The maximum atomic E-state index is 6.77. The van der Waals surface area contributed by atoms with Crippen molar-refractivity contribution in [1.82, 2.24) is 10.6 Å². The van der Waals surface area contributed by atoms with Crippen LogP contribution in [0.15, 0.2) is 11.9 Å². The van der Waals surface area contributed by atoms with Crippen molar-refractivity contribution in [1.29, 1.82) is 5.41 Å². The zero-order chi connectivity index (χ0) is 6.41. The number of rotatable bonds is 3. The Hall–Kier alpha value is -0.990. The molecule has 0 aliphatic carbocycles. The summed E-state index contributed by atoms with van der Waals surface area (Å²) in [5.74, 6) is 0. The summed E-state index contributed by atoms with van der Waals surface area (Å²) in [6.45, 7) is 0. The molecule has 0 atom stereocenters. The Kier molecular flexibility index (Phi) is 3.66. The SMILES string of the molecule is CN/C=C(\C=N)NC. The van der Waals surface area contributed by atoms with E-state index >= 15 is 0 Å². The highest BCUT2D eigenvalue weighted by Crippen LogP contribution is 1.74. The lowest BCUT2D eigenvalue weighted by Crippen LogP contribution is -2.10. The minimum Gasteiger partial charge on any atom is -0.392 e. The molecule has 0 rings (SSSR count). The van der Waals surface area contributed by atoms with Crippen molar-refractivity contribution in [3.63, 3.8) is 0 Å². The third-order valence-corrected chi connectivity index (χ3v) is 0.744. The molecule has 0 aromatic heterocycles. The zero-order valence-corrected chi connectivity index (χ0v) is 5.15. The number of hydrogen-bond donors (Lipinski definition) is 3. The molecule has 0 radical (unpaired) electrons. The van der Waals surface area contributed by atoms with Gasteiger partial charge in [-0.25, -0.2) is 0 Å². The van der Waals surface area contributed by atoms with Crippen LogP contribution in [0.4, 0.5) is 0 Å². The van der Waals surface area contributed by atoms with Gasteiger partial charge in [0.25, 0.3) is 0 Å². The van der Waals surface area contributed by atoms with Gasteiger partial charge in [0.15, 0.2) is 0 Å². The van der Waals surface area contributed by atoms with Gasteiger partial charge in [0.2, 0.25) is 0 Å². The van der Waals surface area contributed by atoms with Crippen molar-refractivity contribution < 1.29 is 0 Å². The quantitative estimate of drug-likeness (QED) is 0.448. The Labute approximate surface area is 49.3 Å². The lowest BCUT2D eigenvalue weighted by Gasteiger charge is -1.95. The topological polar surface area (TPSA) is 47.9 Å². The van der Waals surface area contributed by atoms with Crippen LogP contribution in [0.5, 0.6) is 0 Å². The normalized spacial score (nSPS) is 10.5. The van der Waals surface area contributed by atoms with E-state index in [9.17, 15) is 0 Å². The van der Waals surface area contributed by atoms with Crippen molar-refractivity contribution in [2.75, 3.05) is 14.1 Å². The second kappa shape index (κ2) is 4.18. The Morgan fingerprint density at radius 1 is 1.50 bits per heavy atom. The Bertz CT molecular complexity index is 95.8. The molecule has 0 aromatic rings. The predicted molar refractivity (Wildman–Crippen MR) is 35.0 cm³/mol. The molecule has 3 nitrogen and oxygen atoms in total. The highest BCUT2D eigenvalue weighted by Gasteiger charge is 1.79. The first-order chi connectivity index (χ1) is 3.85. The minimum absolute atomic E-state index is 0.771. The van der Waals surface area contributed by atoms with E-state index in [1.165, 1.54) is 6.21 Å². The van der Waals surface area contributed by atoms with Gasteiger partial charge >= 0.3 is 0 Å². The zero-order valence-electron chi connectivity index (χ0n) is 5.15. The van der Waals surface area contributed by atoms with Crippen LogP contribution in [0.2, 0.25) is 0 Å². The van der Waals surface area contributed by atoms with Crippen LogP contribution >= 0.6 is 0 Å². The van der Waals surface area contributed by atoms with Gasteiger partial charge < -0.3 is 16.0 Å². The maximum Gasteiger partial charge on any atom is 0.0675 e. The van der Waals surface area contributed by atoms with Crippen LogP contribution in [-0.2, 0) is 0 Å². The summed E-state index contributed by atoms with van der Waals surface area (Å²) in [6.07, 6.45) is 2.96. The largest absolute Gasteiger partial charge is 0.392 e. The van der Waals surface area contributed by atoms with E-state index in [-0.39, 0.29) is 0 Å². The average Bonchev–Trinajstić information content (AvgIpc) is 1.83. The van der Waals surface area contributed by atoms with Crippen LogP contribution in [0.1, 0.15) is 0 Å². The summed E-state index contributed by atoms with van der Waals surface area (Å²) in [7, 11) is 3.56. The van der Waals surface area contributed by atoms with Crippen molar-refractivity contribution in [3.05, 3.63) is 11.9 Å². The summed E-state index contributed by atoms with van der Waals surface area (Å²) < 4.78 is 0. The van der Waals surface area contributed by atoms with Crippen LogP contribution in [0, 0.1) is 5.41 Å². The second-order valence-corrected chi connectivity index (χ2v) is 1.28. The van der Waals surface area contributed by atoms with E-state index in [1.54, 1.807) is 20.3 Å². The molecule has 0 saturated heterocycles. The molecule has 3 N–H and O–H groups in total. The lowest BCUT2D eigenvalue weighted by molar-refractivity contribution is 0.997. The van der Waals surface area contributed by atoms with Crippen molar-refractivity contribution in [3.8, 4) is 0 Å². The number of allylic oxidation sites excluding steroid dienone is 1. The molecule has 8 heavy (non-hydrogen) atoms. The first-order valence-corrected chi connectivity index (χ1v) is 2.40. The van der Waals surface area contributed by atoms with Gasteiger partial charge in [-0.2, -0.15) is 0 Å². The van der Waals surface area contributed by atoms with Crippen LogP contribution < -0.4 is 10.6 Å². The molecule has 46 valence electrons. The van der Waals surface area contributed by atoms with E-state index < -0.39 is 0 Å². The molecule has 0 amide bonds. The van der Waals surface area contributed by atoms with Crippen molar-refractivity contribution >= 4 is 6.21 Å². The Morgan fingerprint density at radius 3 is 2.25 bits per heavy atom. The standard InChI is InChI=1S/C5H11N3/c1-7-4-5(3-6)8-2/h3-4,6-8H,1-2H3/b5-4+,6-3?. The smallest absolute Gasteiger partial charge is 0.0675 e. The van der Waals surface area contributed by atoms with E-state index in [0.29, 0.717) is 0 Å². The first kappa shape index (κ1) is 7.01. The summed E-state index contributed by atoms with van der Waals surface area (Å²) in [5.41, 5.74) is 0.771. The summed E-state index contributed by atoms with van der Waals surface area (Å²) in [5, 5.41) is 12.4. The fourth-order valence-electron chi connectivity index (χ4n) is 0.342. The van der Waals surface area contributed by atoms with E-state index in [0.717, 1.165) is 5.70 Å². The molecule has 0 aliphatic heterocycles. The molecule has 0 saturated carbocycles. The van der Waals surface area contributed by atoms with Gasteiger partial charge in [-0.1, -0.05) is 0 Å². The van der Waals surface area contributed by atoms with E-state index in [1.807, 2.05) is 0 Å². The molecule has 0 bridgehead atoms. The second-order valence-electron chi connectivity index (χ2n) is 1.28. The molecule has 0 aromatic carbocycles. The van der Waals surface area contributed by atoms with Crippen LogP contribution in [0.3, 0.4) is 0 Å². The molecule has 0 fully saturated rings. The number of nitrogens with one attached hydrogen (secondary N) is 3. The van der Waals surface area contributed by atoms with Crippen LogP contribution in [-0.4, -0.2) is 20.3 Å². The third kappa shape index (κ3) is 2.23. The fourth-order valence-corrected chi connectivity index (χ4v) is 0.342. The fraction of sp³-hybridized carbons (Fsp3) is 0.400. The Balaban J connectivity index is 3.66.